The van der Waals surface area contributed by atoms with Crippen LogP contribution in [-0.4, -0.2) is 90.5 Å². The van der Waals surface area contributed by atoms with Crippen LogP contribution < -0.4 is 4.90 Å². The molecule has 1 aromatic rings. The molecule has 29 heavy (non-hydrogen) atoms. The number of nitro benzene ring substituents is 1. The monoisotopic (exact) mass is 401 g/mol. The zero-order valence-corrected chi connectivity index (χ0v) is 17.0. The van der Waals surface area contributed by atoms with Crippen LogP contribution in [0.3, 0.4) is 0 Å². The van der Waals surface area contributed by atoms with Gasteiger partial charge in [0.2, 0.25) is 5.91 Å². The number of benzene rings is 1. The number of para-hydroxylation sites is 2. The van der Waals surface area contributed by atoms with Gasteiger partial charge in [-0.15, -0.1) is 0 Å². The summed E-state index contributed by atoms with van der Waals surface area (Å²) >= 11 is 0. The quantitative estimate of drug-likeness (QED) is 0.535. The van der Waals surface area contributed by atoms with Crippen molar-refractivity contribution in [1.29, 1.82) is 0 Å². The SMILES string of the molecule is O=C(CN1CCCC1CN1CCCC1)N1CCN(c2ccccc2[N+](=O)[O-])CC1. The molecular formula is C21H31N5O3. The molecule has 1 unspecified atom stereocenters. The maximum absolute atomic E-state index is 12.9. The number of carbonyl (C=O) groups is 1. The highest BCUT2D eigenvalue weighted by atomic mass is 16.6. The summed E-state index contributed by atoms with van der Waals surface area (Å²) in [6.07, 6.45) is 4.97. The van der Waals surface area contributed by atoms with E-state index >= 15 is 0 Å². The van der Waals surface area contributed by atoms with Crippen LogP contribution in [0, 0.1) is 10.1 Å². The molecule has 3 aliphatic rings. The number of hydrogen-bond donors (Lipinski definition) is 0. The Kier molecular flexibility index (Phi) is 6.30. The highest BCUT2D eigenvalue weighted by molar-refractivity contribution is 5.79. The Morgan fingerprint density at radius 2 is 1.72 bits per heavy atom. The molecule has 4 rings (SSSR count). The van der Waals surface area contributed by atoms with Crippen LogP contribution >= 0.6 is 0 Å². The Morgan fingerprint density at radius 3 is 2.45 bits per heavy atom. The van der Waals surface area contributed by atoms with E-state index in [0.29, 0.717) is 44.5 Å². The molecule has 0 bridgehead atoms. The van der Waals surface area contributed by atoms with Gasteiger partial charge in [-0.3, -0.25) is 19.8 Å². The number of rotatable bonds is 6. The van der Waals surface area contributed by atoms with Crippen molar-refractivity contribution < 1.29 is 9.72 Å². The molecule has 0 N–H and O–H groups in total. The first-order chi connectivity index (χ1) is 14.1. The fraction of sp³-hybridized carbons (Fsp3) is 0.667. The Labute approximate surface area is 172 Å². The van der Waals surface area contributed by atoms with Gasteiger partial charge in [0.15, 0.2) is 0 Å². The van der Waals surface area contributed by atoms with Crippen LogP contribution in [0.15, 0.2) is 24.3 Å². The molecule has 1 aromatic carbocycles. The van der Waals surface area contributed by atoms with Crippen molar-refractivity contribution in [3.05, 3.63) is 34.4 Å². The lowest BCUT2D eigenvalue weighted by atomic mass is 10.2. The molecule has 3 fully saturated rings. The molecule has 0 aromatic heterocycles. The summed E-state index contributed by atoms with van der Waals surface area (Å²) in [4.78, 5) is 32.7. The lowest BCUT2D eigenvalue weighted by molar-refractivity contribution is -0.384. The fourth-order valence-electron chi connectivity index (χ4n) is 4.93. The summed E-state index contributed by atoms with van der Waals surface area (Å²) in [5.74, 6) is 0.195. The number of piperazine rings is 1. The van der Waals surface area contributed by atoms with Gasteiger partial charge in [0.05, 0.1) is 11.5 Å². The van der Waals surface area contributed by atoms with E-state index in [1.165, 1.54) is 38.8 Å². The van der Waals surface area contributed by atoms with E-state index in [4.69, 9.17) is 0 Å². The van der Waals surface area contributed by atoms with E-state index in [1.54, 1.807) is 18.2 Å². The maximum Gasteiger partial charge on any atom is 0.292 e. The van der Waals surface area contributed by atoms with E-state index in [0.717, 1.165) is 13.1 Å². The third kappa shape index (κ3) is 4.70. The number of anilines is 1. The highest BCUT2D eigenvalue weighted by Crippen LogP contribution is 2.28. The number of amides is 1. The summed E-state index contributed by atoms with van der Waals surface area (Å²) in [6.45, 7) is 7.52. The van der Waals surface area contributed by atoms with Crippen LogP contribution in [0.5, 0.6) is 0 Å². The number of nitrogens with zero attached hydrogens (tertiary/aromatic N) is 5. The summed E-state index contributed by atoms with van der Waals surface area (Å²) in [5.41, 5.74) is 0.781. The average molecular weight is 402 g/mol. The molecule has 0 saturated carbocycles. The molecule has 1 atom stereocenters. The number of hydrogen-bond acceptors (Lipinski definition) is 6. The van der Waals surface area contributed by atoms with E-state index in [1.807, 2.05) is 15.9 Å². The normalized spacial score (nSPS) is 23.7. The second-order valence-electron chi connectivity index (χ2n) is 8.39. The third-order valence-electron chi connectivity index (χ3n) is 6.56. The zero-order chi connectivity index (χ0) is 20.2. The van der Waals surface area contributed by atoms with Gasteiger partial charge in [0.25, 0.3) is 5.69 Å². The van der Waals surface area contributed by atoms with Crippen molar-refractivity contribution in [3.63, 3.8) is 0 Å². The average Bonchev–Trinajstić information content (AvgIpc) is 3.41. The van der Waals surface area contributed by atoms with Gasteiger partial charge in [0, 0.05) is 44.8 Å². The van der Waals surface area contributed by atoms with Crippen molar-refractivity contribution in [3.8, 4) is 0 Å². The maximum atomic E-state index is 12.9. The molecule has 8 nitrogen and oxygen atoms in total. The van der Waals surface area contributed by atoms with Gasteiger partial charge in [-0.05, 0) is 51.4 Å². The van der Waals surface area contributed by atoms with E-state index in [2.05, 4.69) is 9.80 Å². The second-order valence-corrected chi connectivity index (χ2v) is 8.39. The van der Waals surface area contributed by atoms with E-state index in [-0.39, 0.29) is 16.5 Å². The standard InChI is InChI=1S/C21H31N5O3/c27-21(17-25-11-5-6-18(25)16-22-9-3-4-10-22)24-14-12-23(13-15-24)19-7-1-2-8-20(19)26(28)29/h1-2,7-8,18H,3-6,9-17H2. The van der Waals surface area contributed by atoms with Gasteiger partial charge in [-0.25, -0.2) is 0 Å². The molecule has 158 valence electrons. The number of carbonyl (C=O) groups excluding carboxylic acids is 1. The lowest BCUT2D eigenvalue weighted by Gasteiger charge is -2.37. The first-order valence-electron chi connectivity index (χ1n) is 10.8. The van der Waals surface area contributed by atoms with Crippen LogP contribution in [0.2, 0.25) is 0 Å². The first-order valence-corrected chi connectivity index (χ1v) is 10.8. The Bertz CT molecular complexity index is 729. The summed E-state index contributed by atoms with van der Waals surface area (Å²) in [7, 11) is 0. The van der Waals surface area contributed by atoms with E-state index in [9.17, 15) is 14.9 Å². The molecule has 0 radical (unpaired) electrons. The summed E-state index contributed by atoms with van der Waals surface area (Å²) in [6, 6.07) is 7.36. The van der Waals surface area contributed by atoms with Gasteiger partial charge >= 0.3 is 0 Å². The predicted octanol–water partition coefficient (Wildman–Crippen LogP) is 1.80. The first kappa shape index (κ1) is 20.1. The third-order valence-corrected chi connectivity index (χ3v) is 6.56. The minimum atomic E-state index is -0.333. The van der Waals surface area contributed by atoms with Crippen LogP contribution in [0.4, 0.5) is 11.4 Å². The molecule has 3 heterocycles. The molecular weight excluding hydrogens is 370 g/mol. The van der Waals surface area contributed by atoms with Crippen LogP contribution in [-0.2, 0) is 4.79 Å². The highest BCUT2D eigenvalue weighted by Gasteiger charge is 2.31. The minimum Gasteiger partial charge on any atom is -0.362 e. The van der Waals surface area contributed by atoms with Crippen molar-refractivity contribution in [2.75, 3.05) is 63.8 Å². The van der Waals surface area contributed by atoms with Crippen LogP contribution in [0.1, 0.15) is 25.7 Å². The molecule has 1 amide bonds. The van der Waals surface area contributed by atoms with Crippen molar-refractivity contribution >= 4 is 17.3 Å². The van der Waals surface area contributed by atoms with Gasteiger partial charge in [0.1, 0.15) is 5.69 Å². The second kappa shape index (κ2) is 9.09. The number of likely N-dealkylation sites (tertiary alicyclic amines) is 2. The van der Waals surface area contributed by atoms with E-state index < -0.39 is 0 Å². The van der Waals surface area contributed by atoms with Gasteiger partial charge in [-0.1, -0.05) is 12.1 Å². The summed E-state index contributed by atoms with van der Waals surface area (Å²) in [5, 5.41) is 11.3. The molecule has 0 aliphatic carbocycles. The Balaban J connectivity index is 1.29. The van der Waals surface area contributed by atoms with Crippen molar-refractivity contribution in [2.45, 2.75) is 31.7 Å². The number of nitro groups is 1. The predicted molar refractivity (Wildman–Crippen MR) is 112 cm³/mol. The summed E-state index contributed by atoms with van der Waals surface area (Å²) < 4.78 is 0. The van der Waals surface area contributed by atoms with Gasteiger partial charge < -0.3 is 14.7 Å². The smallest absolute Gasteiger partial charge is 0.292 e. The zero-order valence-electron chi connectivity index (χ0n) is 17.0. The Morgan fingerprint density at radius 1 is 1.00 bits per heavy atom. The lowest BCUT2D eigenvalue weighted by Crippen LogP contribution is -2.52. The Hall–Kier alpha value is -2.19. The van der Waals surface area contributed by atoms with Crippen LogP contribution in [0.25, 0.3) is 0 Å². The van der Waals surface area contributed by atoms with Gasteiger partial charge in [-0.2, -0.15) is 0 Å². The minimum absolute atomic E-state index is 0.133. The van der Waals surface area contributed by atoms with Crippen molar-refractivity contribution in [2.24, 2.45) is 0 Å². The largest absolute Gasteiger partial charge is 0.362 e. The molecule has 0 spiro atoms. The molecule has 3 saturated heterocycles. The topological polar surface area (TPSA) is 73.2 Å². The molecule has 3 aliphatic heterocycles. The van der Waals surface area contributed by atoms with Crippen molar-refractivity contribution in [1.82, 2.24) is 14.7 Å². The molecule has 8 heteroatoms. The fourth-order valence-corrected chi connectivity index (χ4v) is 4.93.